The second kappa shape index (κ2) is 11.0. The van der Waals surface area contributed by atoms with Crippen molar-refractivity contribution in [2.45, 2.75) is 6.92 Å². The molecule has 0 atom stereocenters. The third kappa shape index (κ3) is 4.72. The minimum Gasteiger partial charge on any atom is -0.208 e. The fourth-order valence-electron chi connectivity index (χ4n) is 6.82. The minimum atomic E-state index is 0.645. The first kappa shape index (κ1) is 27.1. The van der Waals surface area contributed by atoms with Gasteiger partial charge in [-0.25, -0.2) is 15.0 Å². The molecule has 1 heterocycles. The Labute approximate surface area is 273 Å². The van der Waals surface area contributed by atoms with Crippen LogP contribution in [0.1, 0.15) is 5.56 Å². The number of aryl methyl sites for hydroxylation is 1. The van der Waals surface area contributed by atoms with Crippen molar-refractivity contribution < 1.29 is 0 Å². The lowest BCUT2D eigenvalue weighted by Crippen LogP contribution is -2.00. The van der Waals surface area contributed by atoms with Crippen LogP contribution in [0.3, 0.4) is 0 Å². The number of nitrogens with zero attached hydrogens (tertiary/aromatic N) is 3. The molecule has 9 rings (SSSR count). The second-order valence-corrected chi connectivity index (χ2v) is 12.1. The van der Waals surface area contributed by atoms with E-state index in [1.165, 1.54) is 44.2 Å². The fourth-order valence-corrected chi connectivity index (χ4v) is 6.82. The smallest absolute Gasteiger partial charge is 0.164 e. The molecule has 0 N–H and O–H groups in total. The van der Waals surface area contributed by atoms with Gasteiger partial charge in [0, 0.05) is 16.7 Å². The van der Waals surface area contributed by atoms with Crippen molar-refractivity contribution in [2.24, 2.45) is 0 Å². The largest absolute Gasteiger partial charge is 0.208 e. The van der Waals surface area contributed by atoms with Gasteiger partial charge in [0.2, 0.25) is 0 Å². The molecule has 3 heteroatoms. The van der Waals surface area contributed by atoms with Crippen LogP contribution in [0.4, 0.5) is 0 Å². The van der Waals surface area contributed by atoms with Crippen molar-refractivity contribution in [3.63, 3.8) is 0 Å². The molecule has 0 fully saturated rings. The van der Waals surface area contributed by atoms with Crippen LogP contribution in [0.2, 0.25) is 0 Å². The highest BCUT2D eigenvalue weighted by Gasteiger charge is 2.23. The van der Waals surface area contributed by atoms with Gasteiger partial charge >= 0.3 is 0 Å². The van der Waals surface area contributed by atoms with Crippen LogP contribution in [-0.2, 0) is 0 Å². The maximum Gasteiger partial charge on any atom is 0.164 e. The summed E-state index contributed by atoms with van der Waals surface area (Å²) in [6.45, 7) is 2.12. The molecule has 0 spiro atoms. The molecular weight excluding hydrogens is 571 g/mol. The number of benzene rings is 7. The van der Waals surface area contributed by atoms with E-state index in [4.69, 9.17) is 15.0 Å². The van der Waals surface area contributed by atoms with E-state index in [-0.39, 0.29) is 0 Å². The predicted molar refractivity (Wildman–Crippen MR) is 194 cm³/mol. The zero-order valence-electron chi connectivity index (χ0n) is 25.9. The van der Waals surface area contributed by atoms with Gasteiger partial charge in [-0.05, 0) is 80.4 Å². The van der Waals surface area contributed by atoms with Crippen LogP contribution in [0.15, 0.2) is 158 Å². The van der Waals surface area contributed by atoms with Crippen LogP contribution < -0.4 is 0 Å². The maximum absolute atomic E-state index is 5.09. The first-order valence-corrected chi connectivity index (χ1v) is 15.9. The molecule has 0 saturated heterocycles. The summed E-state index contributed by atoms with van der Waals surface area (Å²) in [5, 5.41) is 2.56. The third-order valence-corrected chi connectivity index (χ3v) is 9.13. The number of rotatable bonds is 5. The fraction of sp³-hybridized carbons (Fsp3) is 0.0227. The molecule has 220 valence electrons. The third-order valence-electron chi connectivity index (χ3n) is 9.13. The van der Waals surface area contributed by atoms with E-state index < -0.39 is 0 Å². The molecule has 0 amide bonds. The lowest BCUT2D eigenvalue weighted by Gasteiger charge is -2.14. The Kier molecular flexibility index (Phi) is 6.36. The summed E-state index contributed by atoms with van der Waals surface area (Å²) in [7, 11) is 0. The SMILES string of the molecule is Cc1ccc(-c2cc(-c3nc(-c4ccccc4)nc(-c4ccccc4)n3)cc(-c3ccc4c5c(cccc35)-c3ccccc3-4)c2)cc1. The van der Waals surface area contributed by atoms with Crippen LogP contribution in [0.25, 0.3) is 89.4 Å². The van der Waals surface area contributed by atoms with Gasteiger partial charge in [0.1, 0.15) is 0 Å². The quantitative estimate of drug-likeness (QED) is 0.198. The van der Waals surface area contributed by atoms with Crippen LogP contribution in [0, 0.1) is 6.92 Å². The Balaban J connectivity index is 1.29. The van der Waals surface area contributed by atoms with Crippen molar-refractivity contribution in [1.82, 2.24) is 15.0 Å². The molecule has 8 aromatic rings. The lowest BCUT2D eigenvalue weighted by molar-refractivity contribution is 1.07. The number of hydrogen-bond donors (Lipinski definition) is 0. The van der Waals surface area contributed by atoms with E-state index in [2.05, 4.69) is 104 Å². The average molecular weight is 600 g/mol. The Hall–Kier alpha value is -6.19. The topological polar surface area (TPSA) is 38.7 Å². The van der Waals surface area contributed by atoms with Crippen LogP contribution in [-0.4, -0.2) is 15.0 Å². The second-order valence-electron chi connectivity index (χ2n) is 12.1. The zero-order chi connectivity index (χ0) is 31.3. The van der Waals surface area contributed by atoms with Gasteiger partial charge in [-0.3, -0.25) is 0 Å². The number of hydrogen-bond acceptors (Lipinski definition) is 3. The molecule has 1 aliphatic carbocycles. The number of aromatic nitrogens is 3. The summed E-state index contributed by atoms with van der Waals surface area (Å²) >= 11 is 0. The van der Waals surface area contributed by atoms with E-state index in [0.29, 0.717) is 17.5 Å². The minimum absolute atomic E-state index is 0.645. The van der Waals surface area contributed by atoms with E-state index >= 15 is 0 Å². The molecule has 3 nitrogen and oxygen atoms in total. The molecule has 7 aromatic carbocycles. The van der Waals surface area contributed by atoms with Gasteiger partial charge in [0.05, 0.1) is 0 Å². The molecule has 0 aliphatic heterocycles. The van der Waals surface area contributed by atoms with Crippen LogP contribution in [0.5, 0.6) is 0 Å². The first-order valence-electron chi connectivity index (χ1n) is 15.9. The molecule has 0 bridgehead atoms. The van der Waals surface area contributed by atoms with E-state index in [1.54, 1.807) is 0 Å². The Morgan fingerprint density at radius 1 is 0.319 bits per heavy atom. The summed E-state index contributed by atoms with van der Waals surface area (Å²) < 4.78 is 0. The van der Waals surface area contributed by atoms with Crippen molar-refractivity contribution in [1.29, 1.82) is 0 Å². The predicted octanol–water partition coefficient (Wildman–Crippen LogP) is 11.3. The van der Waals surface area contributed by atoms with Gasteiger partial charge in [-0.2, -0.15) is 0 Å². The van der Waals surface area contributed by atoms with Crippen LogP contribution >= 0.6 is 0 Å². The molecule has 0 saturated carbocycles. The molecular formula is C44H29N3. The summed E-state index contributed by atoms with van der Waals surface area (Å²) in [5.41, 5.74) is 13.9. The monoisotopic (exact) mass is 599 g/mol. The maximum atomic E-state index is 5.09. The summed E-state index contributed by atoms with van der Waals surface area (Å²) in [6.07, 6.45) is 0. The highest BCUT2D eigenvalue weighted by atomic mass is 15.0. The standard InChI is InChI=1S/C44H29N3/c1-28-19-21-29(22-20-28)32-25-33(35-23-24-40-37-16-9-8-15-36(37)39-18-10-17-38(35)41(39)40)27-34(26-32)44-46-42(30-11-4-2-5-12-30)45-43(47-44)31-13-6-3-7-14-31/h2-27H,1H3. The van der Waals surface area contributed by atoms with Gasteiger partial charge in [0.15, 0.2) is 17.5 Å². The summed E-state index contributed by atoms with van der Waals surface area (Å²) in [4.78, 5) is 15.1. The molecule has 47 heavy (non-hydrogen) atoms. The van der Waals surface area contributed by atoms with Crippen molar-refractivity contribution in [3.8, 4) is 78.7 Å². The van der Waals surface area contributed by atoms with Crippen molar-refractivity contribution >= 4 is 10.8 Å². The van der Waals surface area contributed by atoms with Crippen molar-refractivity contribution in [2.75, 3.05) is 0 Å². The van der Waals surface area contributed by atoms with E-state index in [1.807, 2.05) is 60.7 Å². The zero-order valence-corrected chi connectivity index (χ0v) is 25.9. The highest BCUT2D eigenvalue weighted by molar-refractivity contribution is 6.18. The molecule has 0 unspecified atom stereocenters. The Morgan fingerprint density at radius 2 is 0.809 bits per heavy atom. The van der Waals surface area contributed by atoms with Crippen molar-refractivity contribution in [3.05, 3.63) is 163 Å². The van der Waals surface area contributed by atoms with Gasteiger partial charge < -0.3 is 0 Å². The average Bonchev–Trinajstić information content (AvgIpc) is 3.47. The first-order chi connectivity index (χ1) is 23.2. The summed E-state index contributed by atoms with van der Waals surface area (Å²) in [5.74, 6) is 1.95. The van der Waals surface area contributed by atoms with Gasteiger partial charge in [-0.15, -0.1) is 0 Å². The van der Waals surface area contributed by atoms with E-state index in [0.717, 1.165) is 33.4 Å². The Bertz CT molecular complexity index is 2360. The number of fused-ring (bicyclic) bond motifs is 3. The molecule has 1 aromatic heterocycles. The van der Waals surface area contributed by atoms with E-state index in [9.17, 15) is 0 Å². The van der Waals surface area contributed by atoms with Gasteiger partial charge in [-0.1, -0.05) is 145 Å². The lowest BCUT2D eigenvalue weighted by atomic mass is 9.91. The normalized spacial score (nSPS) is 11.5. The molecule has 1 aliphatic rings. The van der Waals surface area contributed by atoms with Gasteiger partial charge in [0.25, 0.3) is 0 Å². The highest BCUT2D eigenvalue weighted by Crippen LogP contribution is 2.49. The Morgan fingerprint density at radius 3 is 1.45 bits per heavy atom. The molecule has 0 radical (unpaired) electrons. The summed E-state index contributed by atoms with van der Waals surface area (Å²) in [6, 6.07) is 55.7.